The van der Waals surface area contributed by atoms with E-state index >= 15 is 8.78 Å². The van der Waals surface area contributed by atoms with Crippen molar-refractivity contribution in [2.75, 3.05) is 37.0 Å². The highest BCUT2D eigenvalue weighted by Crippen LogP contribution is 2.43. The Bertz CT molecular complexity index is 1470. The van der Waals surface area contributed by atoms with Gasteiger partial charge in [0.25, 0.3) is 11.8 Å². The Morgan fingerprint density at radius 3 is 2.77 bits per heavy atom. The third-order valence-corrected chi connectivity index (χ3v) is 7.91. The van der Waals surface area contributed by atoms with Crippen molar-refractivity contribution < 1.29 is 27.8 Å². The van der Waals surface area contributed by atoms with Crippen molar-refractivity contribution in [1.82, 2.24) is 30.6 Å². The van der Waals surface area contributed by atoms with Crippen LogP contribution in [0.3, 0.4) is 0 Å². The third-order valence-electron chi connectivity index (χ3n) is 7.91. The minimum atomic E-state index is -0.640. The number of carbonyl (C=O) groups excluding carboxylic acids is 2. The number of rotatable bonds is 6. The molecule has 7 rings (SSSR count). The van der Waals surface area contributed by atoms with Gasteiger partial charge >= 0.3 is 6.09 Å². The monoisotopic (exact) mass is 540 g/mol. The van der Waals surface area contributed by atoms with E-state index in [4.69, 9.17) is 9.47 Å². The van der Waals surface area contributed by atoms with Crippen molar-refractivity contribution >= 4 is 34.7 Å². The summed E-state index contributed by atoms with van der Waals surface area (Å²) < 4.78 is 41.3. The Morgan fingerprint density at radius 1 is 1.18 bits per heavy atom. The highest BCUT2D eigenvalue weighted by Gasteiger charge is 2.55. The molecule has 1 saturated carbocycles. The fourth-order valence-corrected chi connectivity index (χ4v) is 6.09. The topological polar surface area (TPSA) is 146 Å². The van der Waals surface area contributed by atoms with Crippen LogP contribution in [0.4, 0.5) is 25.2 Å². The number of aromatic nitrogens is 4. The zero-order chi connectivity index (χ0) is 26.9. The van der Waals surface area contributed by atoms with Crippen LogP contribution >= 0.6 is 0 Å². The van der Waals surface area contributed by atoms with Crippen LogP contribution in [0.5, 0.6) is 5.88 Å². The third kappa shape index (κ3) is 3.97. The van der Waals surface area contributed by atoms with Gasteiger partial charge in [-0.15, -0.1) is 0 Å². The molecule has 2 aliphatic heterocycles. The molecule has 0 radical (unpaired) electrons. The number of nitrogens with zero attached hydrogens (tertiary/aromatic N) is 4. The number of anilines is 2. The number of hydrogen-bond donors (Lipinski definition) is 4. The van der Waals surface area contributed by atoms with Gasteiger partial charge in [0.15, 0.2) is 29.9 Å². The van der Waals surface area contributed by atoms with Crippen molar-refractivity contribution in [3.63, 3.8) is 0 Å². The van der Waals surface area contributed by atoms with E-state index in [0.29, 0.717) is 62.3 Å². The molecule has 2 amide bonds. The average Bonchev–Trinajstić information content (AvgIpc) is 3.61. The number of nitrogens with one attached hydrogen (secondary N) is 4. The summed E-state index contributed by atoms with van der Waals surface area (Å²) in [7, 11) is 1.75. The van der Waals surface area contributed by atoms with E-state index < -0.39 is 23.3 Å². The number of aromatic amines is 1. The zero-order valence-electron chi connectivity index (χ0n) is 21.1. The van der Waals surface area contributed by atoms with E-state index in [2.05, 4.69) is 35.9 Å². The predicted octanol–water partition coefficient (Wildman–Crippen LogP) is 1.54. The minimum absolute atomic E-state index is 0.0506. The van der Waals surface area contributed by atoms with Gasteiger partial charge in [0, 0.05) is 18.9 Å². The second-order valence-corrected chi connectivity index (χ2v) is 10.7. The first-order chi connectivity index (χ1) is 18.8. The van der Waals surface area contributed by atoms with E-state index in [1.165, 1.54) is 11.1 Å². The SMILES string of the molecule is CNCc1nc2c(F)c3c(c(F)c2[nH]1)CC(CNC1CC2(C1)CN(c1cnc4c(n1)NC(=O)CO4)C(=O)O2)C3. The number of halogens is 2. The molecule has 4 N–H and O–H groups in total. The Kier molecular flexibility index (Phi) is 5.46. The number of amides is 2. The maximum Gasteiger partial charge on any atom is 0.416 e. The molecule has 4 heterocycles. The lowest BCUT2D eigenvalue weighted by Gasteiger charge is -2.43. The standard InChI is InChI=1S/C25H26F2N8O4/c1-28-7-15-31-20-18(26)13-2-11(3-14(13)19(27)21(20)32-15)6-29-12-4-25(5-12)10-35(24(37)39-25)16-8-30-23-22(33-16)34-17(36)9-38-23/h8,11-12,28-29H,2-7,9-10H2,1H3,(H,31,32)(H,33,34,36). The number of ether oxygens (including phenoxy) is 2. The van der Waals surface area contributed by atoms with Gasteiger partial charge in [-0.25, -0.2) is 28.5 Å². The van der Waals surface area contributed by atoms with Gasteiger partial charge in [0.05, 0.1) is 19.3 Å². The van der Waals surface area contributed by atoms with Gasteiger partial charge in [0.1, 0.15) is 22.5 Å². The Balaban J connectivity index is 0.965. The normalized spacial score (nSPS) is 24.0. The molecule has 2 aromatic heterocycles. The van der Waals surface area contributed by atoms with Crippen LogP contribution in [0.2, 0.25) is 0 Å². The highest BCUT2D eigenvalue weighted by atomic mass is 19.1. The van der Waals surface area contributed by atoms with Crippen LogP contribution in [-0.2, 0) is 28.9 Å². The van der Waals surface area contributed by atoms with Crippen LogP contribution in [0.1, 0.15) is 29.8 Å². The molecule has 12 nitrogen and oxygen atoms in total. The van der Waals surface area contributed by atoms with Gasteiger partial charge < -0.3 is 30.4 Å². The Morgan fingerprint density at radius 2 is 1.97 bits per heavy atom. The van der Waals surface area contributed by atoms with Crippen molar-refractivity contribution in [3.8, 4) is 5.88 Å². The Hall–Kier alpha value is -3.91. The number of imidazole rings is 1. The number of carbonyl (C=O) groups is 2. The minimum Gasteiger partial charge on any atom is -0.465 e. The van der Waals surface area contributed by atoms with Crippen LogP contribution in [0.15, 0.2) is 6.20 Å². The number of benzene rings is 1. The van der Waals surface area contributed by atoms with Gasteiger partial charge in [-0.1, -0.05) is 0 Å². The van der Waals surface area contributed by atoms with Crippen molar-refractivity contribution in [2.45, 2.75) is 43.9 Å². The molecule has 204 valence electrons. The second kappa shape index (κ2) is 8.81. The molecule has 2 fully saturated rings. The largest absolute Gasteiger partial charge is 0.465 e. The van der Waals surface area contributed by atoms with Gasteiger partial charge in [-0.05, 0) is 43.5 Å². The molecule has 3 aromatic rings. The highest BCUT2D eigenvalue weighted by molar-refractivity contribution is 5.95. The summed E-state index contributed by atoms with van der Waals surface area (Å²) in [5.41, 5.74) is 0.366. The van der Waals surface area contributed by atoms with E-state index in [0.717, 1.165) is 0 Å². The maximum atomic E-state index is 15.2. The molecule has 1 unspecified atom stereocenters. The van der Waals surface area contributed by atoms with Crippen molar-refractivity contribution in [3.05, 3.63) is 34.8 Å². The fourth-order valence-electron chi connectivity index (χ4n) is 6.09. The number of hydrogen-bond acceptors (Lipinski definition) is 9. The number of fused-ring (bicyclic) bond motifs is 3. The summed E-state index contributed by atoms with van der Waals surface area (Å²) in [5.74, 6) is -0.0149. The van der Waals surface area contributed by atoms with Gasteiger partial charge in [0.2, 0.25) is 0 Å². The first-order valence-corrected chi connectivity index (χ1v) is 12.9. The molecule has 1 spiro atoms. The van der Waals surface area contributed by atoms with Crippen molar-refractivity contribution in [1.29, 1.82) is 0 Å². The number of H-pyrrole nitrogens is 1. The van der Waals surface area contributed by atoms with Gasteiger partial charge in [-0.3, -0.25) is 9.69 Å². The second-order valence-electron chi connectivity index (χ2n) is 10.7. The van der Waals surface area contributed by atoms with Crippen LogP contribution in [0.25, 0.3) is 11.0 Å². The first-order valence-electron chi connectivity index (χ1n) is 12.9. The Labute approximate surface area is 220 Å². The van der Waals surface area contributed by atoms with E-state index in [1.807, 2.05) is 0 Å². The van der Waals surface area contributed by atoms with Crippen LogP contribution in [-0.4, -0.2) is 70.3 Å². The van der Waals surface area contributed by atoms with Gasteiger partial charge in [-0.2, -0.15) is 0 Å². The van der Waals surface area contributed by atoms with E-state index in [1.54, 1.807) is 7.05 Å². The fraction of sp³-hybridized carbons (Fsp3) is 0.480. The quantitative estimate of drug-likeness (QED) is 0.366. The molecule has 1 atom stereocenters. The lowest BCUT2D eigenvalue weighted by Crippen LogP contribution is -2.56. The molecule has 14 heteroatoms. The van der Waals surface area contributed by atoms with E-state index in [-0.39, 0.29) is 53.0 Å². The summed E-state index contributed by atoms with van der Waals surface area (Å²) in [4.78, 5) is 41.2. The summed E-state index contributed by atoms with van der Waals surface area (Å²) in [6, 6.07) is 0.110. The van der Waals surface area contributed by atoms with Crippen molar-refractivity contribution in [2.24, 2.45) is 5.92 Å². The molecule has 2 aliphatic carbocycles. The zero-order valence-corrected chi connectivity index (χ0v) is 21.1. The summed E-state index contributed by atoms with van der Waals surface area (Å²) >= 11 is 0. The summed E-state index contributed by atoms with van der Waals surface area (Å²) in [6.45, 7) is 1.17. The van der Waals surface area contributed by atoms with Crippen LogP contribution < -0.4 is 25.6 Å². The van der Waals surface area contributed by atoms with Crippen LogP contribution in [0, 0.1) is 17.6 Å². The first kappa shape index (κ1) is 24.2. The molecule has 0 bridgehead atoms. The predicted molar refractivity (Wildman–Crippen MR) is 133 cm³/mol. The average molecular weight is 541 g/mol. The molecular weight excluding hydrogens is 514 g/mol. The molecule has 4 aliphatic rings. The lowest BCUT2D eigenvalue weighted by molar-refractivity contribution is -0.118. The molecular formula is C25H26F2N8O4. The lowest BCUT2D eigenvalue weighted by atomic mass is 9.75. The molecule has 39 heavy (non-hydrogen) atoms. The smallest absolute Gasteiger partial charge is 0.416 e. The molecule has 1 aromatic carbocycles. The van der Waals surface area contributed by atoms with E-state index in [9.17, 15) is 9.59 Å². The maximum absolute atomic E-state index is 15.2. The molecule has 1 saturated heterocycles. The summed E-state index contributed by atoms with van der Waals surface area (Å²) in [5, 5.41) is 9.00. The summed E-state index contributed by atoms with van der Waals surface area (Å²) in [6.07, 6.45) is 2.99.